The molecule has 1 aliphatic rings. The van der Waals surface area contributed by atoms with Gasteiger partial charge in [0.05, 0.1) is 0 Å². The van der Waals surface area contributed by atoms with E-state index < -0.39 is 0 Å². The topological polar surface area (TPSA) is 0 Å². The largest absolute Gasteiger partial charge is 0.0620 e. The molecule has 0 heterocycles. The quantitative estimate of drug-likeness (QED) is 0.546. The maximum Gasteiger partial charge on any atom is -0.0162 e. The predicted molar refractivity (Wildman–Crippen MR) is 52.3 cm³/mol. The monoisotopic (exact) mass is 160 g/mol. The average molecular weight is 160 g/mol. The molecule has 0 saturated heterocycles. The van der Waals surface area contributed by atoms with E-state index in [1.54, 1.807) is 11.1 Å². The van der Waals surface area contributed by atoms with Crippen molar-refractivity contribution < 1.29 is 0 Å². The van der Waals surface area contributed by atoms with Gasteiger partial charge < -0.3 is 0 Å². The third-order valence-electron chi connectivity index (χ3n) is 3.27. The lowest BCUT2D eigenvalue weighted by atomic mass is 9.77. The number of hydrogen-bond acceptors (Lipinski definition) is 0. The summed E-state index contributed by atoms with van der Waals surface area (Å²) < 4.78 is 0. The summed E-state index contributed by atoms with van der Waals surface area (Å²) in [5, 5.41) is 0. The van der Waals surface area contributed by atoms with Crippen molar-refractivity contribution in [2.75, 3.05) is 0 Å². The van der Waals surface area contributed by atoms with Crippen LogP contribution in [0.25, 0.3) is 0 Å². The smallest absolute Gasteiger partial charge is 0.0162 e. The Bertz CT molecular complexity index is 275. The van der Waals surface area contributed by atoms with Gasteiger partial charge in [0.25, 0.3) is 0 Å². The fourth-order valence-electron chi connectivity index (χ4n) is 2.15. The SMILES string of the molecule is CC1c2ccccc2CC[C@H]1C. The highest BCUT2D eigenvalue weighted by atomic mass is 14.3. The first-order valence-corrected chi connectivity index (χ1v) is 4.87. The van der Waals surface area contributed by atoms with Gasteiger partial charge in [0, 0.05) is 0 Å². The van der Waals surface area contributed by atoms with E-state index in [2.05, 4.69) is 38.1 Å². The van der Waals surface area contributed by atoms with Gasteiger partial charge in [-0.05, 0) is 35.8 Å². The van der Waals surface area contributed by atoms with Crippen molar-refractivity contribution >= 4 is 0 Å². The second-order valence-electron chi connectivity index (χ2n) is 4.00. The summed E-state index contributed by atoms with van der Waals surface area (Å²) in [4.78, 5) is 0. The van der Waals surface area contributed by atoms with Crippen LogP contribution in [0.1, 0.15) is 37.3 Å². The summed E-state index contributed by atoms with van der Waals surface area (Å²) in [6, 6.07) is 8.88. The molecule has 0 aromatic heterocycles. The van der Waals surface area contributed by atoms with E-state index in [1.807, 2.05) is 0 Å². The van der Waals surface area contributed by atoms with E-state index in [1.165, 1.54) is 12.8 Å². The average Bonchev–Trinajstić information content (AvgIpc) is 2.12. The van der Waals surface area contributed by atoms with Gasteiger partial charge in [0.1, 0.15) is 0 Å². The van der Waals surface area contributed by atoms with Gasteiger partial charge in [-0.1, -0.05) is 38.1 Å². The van der Waals surface area contributed by atoms with Crippen LogP contribution in [0.5, 0.6) is 0 Å². The van der Waals surface area contributed by atoms with E-state index in [9.17, 15) is 0 Å². The molecule has 0 bridgehead atoms. The van der Waals surface area contributed by atoms with Crippen molar-refractivity contribution in [2.45, 2.75) is 32.6 Å². The molecule has 2 rings (SSSR count). The van der Waals surface area contributed by atoms with Crippen LogP contribution < -0.4 is 0 Å². The maximum atomic E-state index is 2.36. The van der Waals surface area contributed by atoms with Crippen LogP contribution in [-0.4, -0.2) is 0 Å². The third-order valence-corrected chi connectivity index (χ3v) is 3.27. The van der Waals surface area contributed by atoms with Crippen LogP contribution in [0, 0.1) is 5.92 Å². The molecule has 0 nitrogen and oxygen atoms in total. The normalized spacial score (nSPS) is 28.2. The third kappa shape index (κ3) is 1.16. The first-order chi connectivity index (χ1) is 5.79. The van der Waals surface area contributed by atoms with Crippen molar-refractivity contribution in [3.63, 3.8) is 0 Å². The summed E-state index contributed by atoms with van der Waals surface area (Å²) in [5.41, 5.74) is 3.15. The Balaban J connectivity index is 2.42. The van der Waals surface area contributed by atoms with Crippen molar-refractivity contribution in [1.82, 2.24) is 0 Å². The van der Waals surface area contributed by atoms with Gasteiger partial charge in [0.2, 0.25) is 0 Å². The molecule has 0 aliphatic heterocycles. The predicted octanol–water partition coefficient (Wildman–Crippen LogP) is 3.37. The molecule has 0 amide bonds. The molecule has 1 aromatic rings. The molecule has 1 unspecified atom stereocenters. The zero-order valence-corrected chi connectivity index (χ0v) is 7.88. The number of aryl methyl sites for hydroxylation is 1. The van der Waals surface area contributed by atoms with Crippen LogP contribution in [0.3, 0.4) is 0 Å². The Hall–Kier alpha value is -0.780. The number of rotatable bonds is 0. The standard InChI is InChI=1S/C12H16/c1-9-7-8-11-5-3-4-6-12(11)10(9)2/h3-6,9-10H,7-8H2,1-2H3/t9-,10?/m1/s1. The highest BCUT2D eigenvalue weighted by Gasteiger charge is 2.21. The Morgan fingerprint density at radius 2 is 1.92 bits per heavy atom. The molecule has 64 valence electrons. The summed E-state index contributed by atoms with van der Waals surface area (Å²) in [6.07, 6.45) is 2.64. The highest BCUT2D eigenvalue weighted by molar-refractivity contribution is 5.32. The van der Waals surface area contributed by atoms with Crippen LogP contribution in [-0.2, 0) is 6.42 Å². The van der Waals surface area contributed by atoms with Crippen LogP contribution in [0.15, 0.2) is 24.3 Å². The van der Waals surface area contributed by atoms with Gasteiger partial charge in [-0.3, -0.25) is 0 Å². The lowest BCUT2D eigenvalue weighted by Crippen LogP contribution is -2.15. The van der Waals surface area contributed by atoms with Crippen molar-refractivity contribution in [3.05, 3.63) is 35.4 Å². The first kappa shape index (κ1) is 7.85. The second kappa shape index (κ2) is 2.93. The minimum atomic E-state index is 0.759. The van der Waals surface area contributed by atoms with E-state index in [0.717, 1.165) is 11.8 Å². The summed E-state index contributed by atoms with van der Waals surface area (Å²) in [7, 11) is 0. The number of hydrogen-bond donors (Lipinski definition) is 0. The lowest BCUT2D eigenvalue weighted by molar-refractivity contribution is 0.426. The lowest BCUT2D eigenvalue weighted by Gasteiger charge is -2.28. The molecule has 1 aromatic carbocycles. The van der Waals surface area contributed by atoms with E-state index in [0.29, 0.717) is 0 Å². The molecule has 12 heavy (non-hydrogen) atoms. The van der Waals surface area contributed by atoms with Gasteiger partial charge in [-0.2, -0.15) is 0 Å². The minimum Gasteiger partial charge on any atom is -0.0620 e. The molecule has 0 saturated carbocycles. The Morgan fingerprint density at radius 1 is 1.17 bits per heavy atom. The molecular weight excluding hydrogens is 144 g/mol. The van der Waals surface area contributed by atoms with Crippen molar-refractivity contribution in [3.8, 4) is 0 Å². The first-order valence-electron chi connectivity index (χ1n) is 4.87. The molecule has 2 atom stereocenters. The van der Waals surface area contributed by atoms with Gasteiger partial charge in [-0.25, -0.2) is 0 Å². The number of benzene rings is 1. The minimum absolute atomic E-state index is 0.759. The molecule has 0 heteroatoms. The fraction of sp³-hybridized carbons (Fsp3) is 0.500. The Morgan fingerprint density at radius 3 is 2.75 bits per heavy atom. The van der Waals surface area contributed by atoms with Crippen molar-refractivity contribution in [2.24, 2.45) is 5.92 Å². The Kier molecular flexibility index (Phi) is 1.92. The van der Waals surface area contributed by atoms with E-state index in [-0.39, 0.29) is 0 Å². The van der Waals surface area contributed by atoms with E-state index in [4.69, 9.17) is 0 Å². The molecule has 1 aliphatic carbocycles. The highest BCUT2D eigenvalue weighted by Crippen LogP contribution is 2.34. The van der Waals surface area contributed by atoms with E-state index >= 15 is 0 Å². The second-order valence-corrected chi connectivity index (χ2v) is 4.00. The molecule has 0 N–H and O–H groups in total. The number of fused-ring (bicyclic) bond motifs is 1. The van der Waals surface area contributed by atoms with Crippen LogP contribution in [0.2, 0.25) is 0 Å². The van der Waals surface area contributed by atoms with Crippen LogP contribution >= 0.6 is 0 Å². The van der Waals surface area contributed by atoms with Gasteiger partial charge in [-0.15, -0.1) is 0 Å². The van der Waals surface area contributed by atoms with Gasteiger partial charge in [0.15, 0.2) is 0 Å². The van der Waals surface area contributed by atoms with Crippen LogP contribution in [0.4, 0.5) is 0 Å². The zero-order valence-electron chi connectivity index (χ0n) is 7.88. The van der Waals surface area contributed by atoms with Gasteiger partial charge >= 0.3 is 0 Å². The van der Waals surface area contributed by atoms with Crippen molar-refractivity contribution in [1.29, 1.82) is 0 Å². The molecule has 0 fully saturated rings. The molecule has 0 spiro atoms. The zero-order chi connectivity index (χ0) is 8.55. The fourth-order valence-corrected chi connectivity index (χ4v) is 2.15. The Labute approximate surface area is 74.6 Å². The molecular formula is C12H16. The summed E-state index contributed by atoms with van der Waals surface area (Å²) in [5.74, 6) is 1.62. The summed E-state index contributed by atoms with van der Waals surface area (Å²) in [6.45, 7) is 4.71. The maximum absolute atomic E-state index is 2.36. The summed E-state index contributed by atoms with van der Waals surface area (Å²) >= 11 is 0. The molecule has 0 radical (unpaired) electrons.